The molecule has 1 fully saturated rings. The van der Waals surface area contributed by atoms with Crippen molar-refractivity contribution < 1.29 is 19.0 Å². The topological polar surface area (TPSA) is 80.9 Å². The predicted molar refractivity (Wildman–Crippen MR) is 127 cm³/mol. The van der Waals surface area contributed by atoms with E-state index in [0.29, 0.717) is 33.9 Å². The van der Waals surface area contributed by atoms with Gasteiger partial charge in [-0.25, -0.2) is 0 Å². The molecule has 0 aliphatic heterocycles. The lowest BCUT2D eigenvalue weighted by molar-refractivity contribution is 0.0612. The van der Waals surface area contributed by atoms with Gasteiger partial charge in [0.05, 0.1) is 33.4 Å². The highest BCUT2D eigenvalue weighted by molar-refractivity contribution is 5.95. The Balaban J connectivity index is 1.72. The number of rotatable bonds is 7. The molecule has 3 aromatic rings. The van der Waals surface area contributed by atoms with E-state index in [-0.39, 0.29) is 24.1 Å². The van der Waals surface area contributed by atoms with E-state index >= 15 is 0 Å². The number of aromatic amines is 1. The first-order valence-electron chi connectivity index (χ1n) is 11.3. The Morgan fingerprint density at radius 3 is 2.21 bits per heavy atom. The summed E-state index contributed by atoms with van der Waals surface area (Å²) in [6.45, 7) is 0.236. The second kappa shape index (κ2) is 9.98. The van der Waals surface area contributed by atoms with Gasteiger partial charge in [0, 0.05) is 29.3 Å². The summed E-state index contributed by atoms with van der Waals surface area (Å²) in [5.41, 5.74) is 1.55. The average Bonchev–Trinajstić information content (AvgIpc) is 2.86. The van der Waals surface area contributed by atoms with Gasteiger partial charge in [0.25, 0.3) is 11.5 Å². The highest BCUT2D eigenvalue weighted by atomic mass is 16.5. The molecule has 4 rings (SSSR count). The number of aromatic nitrogens is 1. The van der Waals surface area contributed by atoms with Crippen molar-refractivity contribution in [3.8, 4) is 17.2 Å². The Morgan fingerprint density at radius 1 is 0.909 bits per heavy atom. The van der Waals surface area contributed by atoms with Gasteiger partial charge >= 0.3 is 0 Å². The molecule has 2 aromatic carbocycles. The van der Waals surface area contributed by atoms with E-state index in [0.717, 1.165) is 31.1 Å². The number of benzene rings is 2. The lowest BCUT2D eigenvalue weighted by Gasteiger charge is -2.34. The highest BCUT2D eigenvalue weighted by Crippen LogP contribution is 2.29. The Labute approximate surface area is 193 Å². The fourth-order valence-corrected chi connectivity index (χ4v) is 4.51. The lowest BCUT2D eigenvalue weighted by Crippen LogP contribution is -2.42. The van der Waals surface area contributed by atoms with Crippen LogP contribution in [0, 0.1) is 0 Å². The van der Waals surface area contributed by atoms with Gasteiger partial charge < -0.3 is 24.1 Å². The molecule has 0 atom stereocenters. The number of H-pyrrole nitrogens is 1. The van der Waals surface area contributed by atoms with Crippen LogP contribution in [0.2, 0.25) is 0 Å². The van der Waals surface area contributed by atoms with Gasteiger partial charge in [0.1, 0.15) is 17.2 Å². The molecule has 1 heterocycles. The van der Waals surface area contributed by atoms with Crippen molar-refractivity contribution in [1.82, 2.24) is 9.88 Å². The Bertz CT molecular complexity index is 1170. The van der Waals surface area contributed by atoms with Crippen molar-refractivity contribution in [2.75, 3.05) is 21.3 Å². The largest absolute Gasteiger partial charge is 0.497 e. The third kappa shape index (κ3) is 4.97. The summed E-state index contributed by atoms with van der Waals surface area (Å²) >= 11 is 0. The molecular formula is C26H30N2O5. The number of amides is 1. The van der Waals surface area contributed by atoms with Crippen molar-refractivity contribution in [3.05, 3.63) is 63.9 Å². The maximum atomic E-state index is 13.7. The second-order valence-electron chi connectivity index (χ2n) is 8.40. The van der Waals surface area contributed by atoms with Crippen LogP contribution in [0.3, 0.4) is 0 Å². The fraction of sp³-hybridized carbons (Fsp3) is 0.385. The van der Waals surface area contributed by atoms with Crippen molar-refractivity contribution >= 4 is 16.8 Å². The molecule has 1 N–H and O–H groups in total. The minimum Gasteiger partial charge on any atom is -0.497 e. The summed E-state index contributed by atoms with van der Waals surface area (Å²) in [6, 6.07) is 12.7. The molecule has 1 saturated carbocycles. The number of hydrogen-bond donors (Lipinski definition) is 1. The molecule has 0 radical (unpaired) electrons. The van der Waals surface area contributed by atoms with Gasteiger partial charge in [-0.2, -0.15) is 0 Å². The first-order valence-corrected chi connectivity index (χ1v) is 11.3. The van der Waals surface area contributed by atoms with Crippen LogP contribution in [-0.2, 0) is 6.54 Å². The Kier molecular flexibility index (Phi) is 6.87. The van der Waals surface area contributed by atoms with E-state index in [9.17, 15) is 9.59 Å². The number of carbonyl (C=O) groups excluding carboxylic acids is 1. The van der Waals surface area contributed by atoms with Gasteiger partial charge in [-0.05, 0) is 48.6 Å². The normalized spacial score (nSPS) is 14.2. The summed E-state index contributed by atoms with van der Waals surface area (Å²) in [4.78, 5) is 31.4. The molecular weight excluding hydrogens is 420 g/mol. The van der Waals surface area contributed by atoms with Crippen LogP contribution in [0.4, 0.5) is 0 Å². The molecule has 33 heavy (non-hydrogen) atoms. The molecule has 1 aliphatic carbocycles. The molecule has 1 aromatic heterocycles. The van der Waals surface area contributed by atoms with Gasteiger partial charge in [0.15, 0.2) is 0 Å². The van der Waals surface area contributed by atoms with Crippen molar-refractivity contribution in [1.29, 1.82) is 0 Å². The van der Waals surface area contributed by atoms with Crippen LogP contribution in [0.5, 0.6) is 17.2 Å². The van der Waals surface area contributed by atoms with Crippen LogP contribution in [0.1, 0.15) is 48.0 Å². The van der Waals surface area contributed by atoms with Crippen molar-refractivity contribution in [2.45, 2.75) is 44.7 Å². The number of pyridine rings is 1. The monoisotopic (exact) mass is 450 g/mol. The number of ether oxygens (including phenoxy) is 3. The zero-order chi connectivity index (χ0) is 23.4. The first-order chi connectivity index (χ1) is 16.0. The maximum absolute atomic E-state index is 13.7. The standard InChI is InChI=1S/C26H30N2O5/c1-31-21-10-9-17-11-19(25(29)27-24(17)15-21)16-28(20-7-5-4-6-8-20)26(30)18-12-22(32-2)14-23(13-18)33-3/h9-15,20H,4-8,16H2,1-3H3,(H,27,29). The third-order valence-electron chi connectivity index (χ3n) is 6.35. The molecule has 0 unspecified atom stereocenters. The van der Waals surface area contributed by atoms with Gasteiger partial charge in [-0.15, -0.1) is 0 Å². The molecule has 7 heteroatoms. The molecule has 0 saturated heterocycles. The lowest BCUT2D eigenvalue weighted by atomic mass is 9.93. The van der Waals surface area contributed by atoms with Crippen LogP contribution < -0.4 is 19.8 Å². The van der Waals surface area contributed by atoms with Crippen LogP contribution in [0.15, 0.2) is 47.3 Å². The summed E-state index contributed by atoms with van der Waals surface area (Å²) < 4.78 is 16.0. The smallest absolute Gasteiger partial charge is 0.254 e. The van der Waals surface area contributed by atoms with E-state index in [2.05, 4.69) is 4.98 Å². The first kappa shape index (κ1) is 22.7. The van der Waals surface area contributed by atoms with Crippen LogP contribution in [0.25, 0.3) is 10.9 Å². The zero-order valence-corrected chi connectivity index (χ0v) is 19.3. The van der Waals surface area contributed by atoms with E-state index in [1.165, 1.54) is 6.42 Å². The van der Waals surface area contributed by atoms with Gasteiger partial charge in [-0.1, -0.05) is 19.3 Å². The fourth-order valence-electron chi connectivity index (χ4n) is 4.51. The minimum atomic E-state index is -0.201. The van der Waals surface area contributed by atoms with Gasteiger partial charge in [-0.3, -0.25) is 9.59 Å². The molecule has 1 aliphatic rings. The third-order valence-corrected chi connectivity index (χ3v) is 6.35. The number of methoxy groups -OCH3 is 3. The number of hydrogen-bond acceptors (Lipinski definition) is 5. The summed E-state index contributed by atoms with van der Waals surface area (Å²) in [5.74, 6) is 1.66. The van der Waals surface area contributed by atoms with Crippen molar-refractivity contribution in [3.63, 3.8) is 0 Å². The maximum Gasteiger partial charge on any atom is 0.254 e. The molecule has 0 spiro atoms. The SMILES string of the molecule is COc1cc(OC)cc(C(=O)N(Cc2cc3ccc(OC)cc3[nH]c2=O)C2CCCCC2)c1. The molecule has 174 valence electrons. The number of nitrogens with zero attached hydrogens (tertiary/aromatic N) is 1. The number of fused-ring (bicyclic) bond motifs is 1. The molecule has 0 bridgehead atoms. The van der Waals surface area contributed by atoms with Crippen molar-refractivity contribution in [2.24, 2.45) is 0 Å². The molecule has 7 nitrogen and oxygen atoms in total. The summed E-state index contributed by atoms with van der Waals surface area (Å²) in [6.07, 6.45) is 5.17. The van der Waals surface area contributed by atoms with E-state index in [1.54, 1.807) is 45.6 Å². The van der Waals surface area contributed by atoms with E-state index in [1.807, 2.05) is 23.1 Å². The minimum absolute atomic E-state index is 0.0782. The molecule has 1 amide bonds. The van der Waals surface area contributed by atoms with Crippen LogP contribution in [-0.4, -0.2) is 43.2 Å². The quantitative estimate of drug-likeness (QED) is 0.572. The van der Waals surface area contributed by atoms with Gasteiger partial charge in [0.2, 0.25) is 0 Å². The Hall–Kier alpha value is -3.48. The second-order valence-corrected chi connectivity index (χ2v) is 8.40. The Morgan fingerprint density at radius 2 is 1.58 bits per heavy atom. The van der Waals surface area contributed by atoms with E-state index in [4.69, 9.17) is 14.2 Å². The average molecular weight is 451 g/mol. The summed E-state index contributed by atoms with van der Waals surface area (Å²) in [5, 5.41) is 0.893. The number of nitrogens with one attached hydrogen (secondary N) is 1. The zero-order valence-electron chi connectivity index (χ0n) is 19.3. The highest BCUT2D eigenvalue weighted by Gasteiger charge is 2.28. The van der Waals surface area contributed by atoms with Crippen LogP contribution >= 0.6 is 0 Å². The number of carbonyl (C=O) groups is 1. The van der Waals surface area contributed by atoms with E-state index < -0.39 is 0 Å². The predicted octanol–water partition coefficient (Wildman–Crippen LogP) is 4.53. The summed E-state index contributed by atoms with van der Waals surface area (Å²) in [7, 11) is 4.71.